The van der Waals surface area contributed by atoms with Crippen LogP contribution >= 0.6 is 0 Å². The van der Waals surface area contributed by atoms with Crippen LogP contribution in [0.15, 0.2) is 0 Å². The van der Waals surface area contributed by atoms with E-state index in [0.717, 1.165) is 30.9 Å². The molecule has 1 N–H and O–H groups in total. The first-order valence-electron chi connectivity index (χ1n) is 11.5. The van der Waals surface area contributed by atoms with Crippen LogP contribution in [0.3, 0.4) is 0 Å². The average molecular weight is 419 g/mol. The molecule has 1 aromatic rings. The number of hydrogen-bond acceptors (Lipinski definition) is 5. The molecule has 1 fully saturated rings. The van der Waals surface area contributed by atoms with Crippen molar-refractivity contribution in [1.82, 2.24) is 29.9 Å². The lowest BCUT2D eigenvalue weighted by molar-refractivity contribution is -0.136. The fraction of sp³-hybridized carbons (Fsp3) is 0.818. The van der Waals surface area contributed by atoms with E-state index in [9.17, 15) is 9.59 Å². The third-order valence-electron chi connectivity index (χ3n) is 6.13. The van der Waals surface area contributed by atoms with Gasteiger partial charge in [-0.1, -0.05) is 33.1 Å². The molecular formula is C22H38N6O2. The maximum absolute atomic E-state index is 13.0. The highest BCUT2D eigenvalue weighted by Crippen LogP contribution is 2.27. The van der Waals surface area contributed by atoms with Gasteiger partial charge in [0.1, 0.15) is 5.82 Å². The molecule has 168 valence electrons. The van der Waals surface area contributed by atoms with Gasteiger partial charge in [0, 0.05) is 32.0 Å². The number of nitrogens with one attached hydrogen (secondary N) is 1. The van der Waals surface area contributed by atoms with Gasteiger partial charge in [-0.3, -0.25) is 9.59 Å². The number of hydrogen-bond donors (Lipinski definition) is 1. The van der Waals surface area contributed by atoms with E-state index in [1.54, 1.807) is 0 Å². The SMILES string of the molecule is CC(C)C[C@@H](NC(=O)CN(C)C)c1nnc2n1CCN(C(=O)C1CCCCC1)CC2. The number of nitrogens with zero attached hydrogens (tertiary/aromatic N) is 5. The Labute approximate surface area is 180 Å². The summed E-state index contributed by atoms with van der Waals surface area (Å²) in [6.07, 6.45) is 7.17. The number of carbonyl (C=O) groups excluding carboxylic acids is 2. The van der Waals surface area contributed by atoms with Gasteiger partial charge in [0.05, 0.1) is 12.6 Å². The fourth-order valence-corrected chi connectivity index (χ4v) is 4.66. The zero-order chi connectivity index (χ0) is 21.7. The highest BCUT2D eigenvalue weighted by molar-refractivity contribution is 5.79. The summed E-state index contributed by atoms with van der Waals surface area (Å²) in [4.78, 5) is 29.3. The topological polar surface area (TPSA) is 83.4 Å². The van der Waals surface area contributed by atoms with Crippen LogP contribution in [-0.2, 0) is 22.6 Å². The Morgan fingerprint density at radius 2 is 1.83 bits per heavy atom. The maximum Gasteiger partial charge on any atom is 0.234 e. The van der Waals surface area contributed by atoms with Gasteiger partial charge in [0.25, 0.3) is 0 Å². The van der Waals surface area contributed by atoms with E-state index in [-0.39, 0.29) is 17.9 Å². The Balaban J connectivity index is 1.71. The summed E-state index contributed by atoms with van der Waals surface area (Å²) in [5, 5.41) is 12.1. The van der Waals surface area contributed by atoms with Gasteiger partial charge in [-0.15, -0.1) is 10.2 Å². The van der Waals surface area contributed by atoms with Crippen LogP contribution in [0.4, 0.5) is 0 Å². The lowest BCUT2D eigenvalue weighted by Gasteiger charge is -2.28. The van der Waals surface area contributed by atoms with E-state index < -0.39 is 0 Å². The van der Waals surface area contributed by atoms with Gasteiger partial charge < -0.3 is 19.7 Å². The molecule has 1 aliphatic carbocycles. The van der Waals surface area contributed by atoms with Crippen LogP contribution in [0.25, 0.3) is 0 Å². The van der Waals surface area contributed by atoms with Crippen LogP contribution in [0.5, 0.6) is 0 Å². The summed E-state index contributed by atoms with van der Waals surface area (Å²) < 4.78 is 2.14. The Morgan fingerprint density at radius 3 is 2.50 bits per heavy atom. The second kappa shape index (κ2) is 10.4. The van der Waals surface area contributed by atoms with Crippen molar-refractivity contribution in [2.45, 2.75) is 71.4 Å². The number of amides is 2. The molecule has 8 nitrogen and oxygen atoms in total. The fourth-order valence-electron chi connectivity index (χ4n) is 4.66. The van der Waals surface area contributed by atoms with Gasteiger partial charge in [-0.25, -0.2) is 0 Å². The minimum atomic E-state index is -0.167. The smallest absolute Gasteiger partial charge is 0.234 e. The lowest BCUT2D eigenvalue weighted by atomic mass is 9.88. The number of aromatic nitrogens is 3. The van der Waals surface area contributed by atoms with Crippen molar-refractivity contribution < 1.29 is 9.59 Å². The quantitative estimate of drug-likeness (QED) is 0.732. The first-order valence-corrected chi connectivity index (χ1v) is 11.5. The van der Waals surface area contributed by atoms with Gasteiger partial charge in [0.2, 0.25) is 11.8 Å². The zero-order valence-electron chi connectivity index (χ0n) is 19.1. The second-order valence-corrected chi connectivity index (χ2v) is 9.52. The van der Waals surface area contributed by atoms with Gasteiger partial charge in [-0.2, -0.15) is 0 Å². The predicted molar refractivity (Wildman–Crippen MR) is 116 cm³/mol. The molecule has 2 aliphatic rings. The molecule has 2 amide bonds. The third kappa shape index (κ3) is 5.80. The second-order valence-electron chi connectivity index (χ2n) is 9.52. The molecule has 0 bridgehead atoms. The largest absolute Gasteiger partial charge is 0.345 e. The molecule has 1 aliphatic heterocycles. The van der Waals surface area contributed by atoms with Crippen molar-refractivity contribution in [2.24, 2.45) is 11.8 Å². The van der Waals surface area contributed by atoms with Gasteiger partial charge in [-0.05, 0) is 39.3 Å². The summed E-state index contributed by atoms with van der Waals surface area (Å²) in [5.41, 5.74) is 0. The van der Waals surface area contributed by atoms with Crippen molar-refractivity contribution in [1.29, 1.82) is 0 Å². The van der Waals surface area contributed by atoms with Crippen LogP contribution in [-0.4, -0.2) is 70.1 Å². The first-order chi connectivity index (χ1) is 14.3. The number of likely N-dealkylation sites (N-methyl/N-ethyl adjacent to an activating group) is 1. The molecule has 3 rings (SSSR count). The Bertz CT molecular complexity index is 723. The van der Waals surface area contributed by atoms with Crippen LogP contribution in [0, 0.1) is 11.8 Å². The average Bonchev–Trinajstić information content (AvgIpc) is 2.98. The molecule has 0 unspecified atom stereocenters. The predicted octanol–water partition coefficient (Wildman–Crippen LogP) is 2.01. The minimum Gasteiger partial charge on any atom is -0.345 e. The highest BCUT2D eigenvalue weighted by Gasteiger charge is 2.30. The normalized spacial score (nSPS) is 18.9. The summed E-state index contributed by atoms with van der Waals surface area (Å²) in [6, 6.07) is -0.167. The molecule has 0 saturated heterocycles. The van der Waals surface area contributed by atoms with Crippen LogP contribution in [0.1, 0.15) is 70.1 Å². The molecule has 1 aromatic heterocycles. The zero-order valence-corrected chi connectivity index (χ0v) is 19.1. The van der Waals surface area contributed by atoms with Crippen LogP contribution in [0.2, 0.25) is 0 Å². The van der Waals surface area contributed by atoms with E-state index in [1.165, 1.54) is 19.3 Å². The van der Waals surface area contributed by atoms with Crippen molar-refractivity contribution in [3.05, 3.63) is 11.6 Å². The summed E-state index contributed by atoms with van der Waals surface area (Å²) in [5.74, 6) is 2.65. The summed E-state index contributed by atoms with van der Waals surface area (Å²) >= 11 is 0. The molecule has 1 saturated carbocycles. The third-order valence-corrected chi connectivity index (χ3v) is 6.13. The summed E-state index contributed by atoms with van der Waals surface area (Å²) in [7, 11) is 3.77. The molecule has 8 heteroatoms. The Kier molecular flexibility index (Phi) is 7.86. The Morgan fingerprint density at radius 1 is 1.10 bits per heavy atom. The Hall–Kier alpha value is -1.96. The number of rotatable bonds is 7. The van der Waals surface area contributed by atoms with Crippen molar-refractivity contribution in [3.8, 4) is 0 Å². The molecule has 0 spiro atoms. The standard InChI is InChI=1S/C22H38N6O2/c1-16(2)14-18(23-20(29)15-26(3)4)21-25-24-19-10-11-27(12-13-28(19)21)22(30)17-8-6-5-7-9-17/h16-18H,5-15H2,1-4H3,(H,23,29)/t18-/m1/s1. The van der Waals surface area contributed by atoms with Gasteiger partial charge >= 0.3 is 0 Å². The van der Waals surface area contributed by atoms with E-state index in [0.29, 0.717) is 44.4 Å². The molecular weight excluding hydrogens is 380 g/mol. The van der Waals surface area contributed by atoms with E-state index >= 15 is 0 Å². The summed E-state index contributed by atoms with van der Waals surface area (Å²) in [6.45, 7) is 6.72. The first kappa shape index (κ1) is 22.7. The lowest BCUT2D eigenvalue weighted by Crippen LogP contribution is -2.39. The van der Waals surface area contributed by atoms with Crippen molar-refractivity contribution >= 4 is 11.8 Å². The van der Waals surface area contributed by atoms with Crippen LogP contribution < -0.4 is 5.32 Å². The maximum atomic E-state index is 13.0. The van der Waals surface area contributed by atoms with Gasteiger partial charge in [0.15, 0.2) is 5.82 Å². The van der Waals surface area contributed by atoms with E-state index in [1.807, 2.05) is 23.9 Å². The van der Waals surface area contributed by atoms with E-state index in [4.69, 9.17) is 0 Å². The molecule has 1 atom stereocenters. The molecule has 0 aromatic carbocycles. The van der Waals surface area contributed by atoms with Crippen molar-refractivity contribution in [3.63, 3.8) is 0 Å². The minimum absolute atomic E-state index is 0.00859. The van der Waals surface area contributed by atoms with Crippen molar-refractivity contribution in [2.75, 3.05) is 33.7 Å². The molecule has 30 heavy (non-hydrogen) atoms. The molecule has 0 radical (unpaired) electrons. The highest BCUT2D eigenvalue weighted by atomic mass is 16.2. The van der Waals surface area contributed by atoms with E-state index in [2.05, 4.69) is 33.9 Å². The molecule has 2 heterocycles. The number of fused-ring (bicyclic) bond motifs is 1. The number of carbonyl (C=O) groups is 2. The monoisotopic (exact) mass is 418 g/mol.